The lowest BCUT2D eigenvalue weighted by molar-refractivity contribution is -0.140. The van der Waals surface area contributed by atoms with Gasteiger partial charge in [-0.1, -0.05) is 13.0 Å². The Morgan fingerprint density at radius 2 is 2.23 bits per heavy atom. The average molecular weight is 306 g/mol. The molecule has 1 atom stereocenters. The van der Waals surface area contributed by atoms with Crippen molar-refractivity contribution in [1.29, 1.82) is 0 Å². The molecule has 1 aromatic carbocycles. The summed E-state index contributed by atoms with van der Waals surface area (Å²) in [7, 11) is 1.38. The molecule has 0 spiro atoms. The van der Waals surface area contributed by atoms with Crippen LogP contribution >= 0.6 is 0 Å². The Bertz CT molecular complexity index is 545. The summed E-state index contributed by atoms with van der Waals surface area (Å²) in [6.45, 7) is 3.29. The van der Waals surface area contributed by atoms with E-state index in [1.54, 1.807) is 6.07 Å². The van der Waals surface area contributed by atoms with Crippen molar-refractivity contribution in [3.63, 3.8) is 0 Å². The van der Waals surface area contributed by atoms with E-state index >= 15 is 0 Å². The Kier molecular flexibility index (Phi) is 5.63. The highest BCUT2D eigenvalue weighted by Gasteiger charge is 2.27. The van der Waals surface area contributed by atoms with Gasteiger partial charge in [-0.3, -0.25) is 4.79 Å². The van der Waals surface area contributed by atoms with Gasteiger partial charge in [0, 0.05) is 36.7 Å². The minimum Gasteiger partial charge on any atom is -0.469 e. The third-order valence-corrected chi connectivity index (χ3v) is 3.66. The van der Waals surface area contributed by atoms with Gasteiger partial charge in [0.15, 0.2) is 0 Å². The van der Waals surface area contributed by atoms with Gasteiger partial charge in [0.25, 0.3) is 0 Å². The van der Waals surface area contributed by atoms with Crippen LogP contribution in [-0.4, -0.2) is 32.3 Å². The Balaban J connectivity index is 2.08. The molecule has 0 saturated carbocycles. The van der Waals surface area contributed by atoms with Gasteiger partial charge in [0.1, 0.15) is 5.75 Å². The first kappa shape index (κ1) is 16.1. The number of nitrogens with one attached hydrogen (secondary N) is 2. The van der Waals surface area contributed by atoms with E-state index in [-0.39, 0.29) is 11.9 Å². The number of hydrogen-bond donors (Lipinski definition) is 2. The number of esters is 1. The van der Waals surface area contributed by atoms with Crippen LogP contribution in [0.5, 0.6) is 5.75 Å². The van der Waals surface area contributed by atoms with Gasteiger partial charge in [0.05, 0.1) is 7.11 Å². The Hall–Kier alpha value is -2.24. The summed E-state index contributed by atoms with van der Waals surface area (Å²) in [4.78, 5) is 23.1. The summed E-state index contributed by atoms with van der Waals surface area (Å²) in [6.07, 6.45) is 1.40. The Morgan fingerprint density at radius 3 is 2.95 bits per heavy atom. The Labute approximate surface area is 130 Å². The number of ether oxygens (including phenoxy) is 2. The smallest absolute Gasteiger partial charge is 0.412 e. The van der Waals surface area contributed by atoms with E-state index in [2.05, 4.69) is 15.4 Å². The normalized spacial score (nSPS) is 15.6. The van der Waals surface area contributed by atoms with Crippen LogP contribution in [0.2, 0.25) is 0 Å². The van der Waals surface area contributed by atoms with Gasteiger partial charge in [-0.2, -0.15) is 0 Å². The third kappa shape index (κ3) is 3.90. The number of anilines is 1. The van der Waals surface area contributed by atoms with Crippen LogP contribution in [0.4, 0.5) is 10.5 Å². The minimum absolute atomic E-state index is 0.129. The number of carbonyl (C=O) groups excluding carboxylic acids is 2. The molecule has 2 rings (SSSR count). The van der Waals surface area contributed by atoms with Crippen molar-refractivity contribution in [3.8, 4) is 5.75 Å². The highest BCUT2D eigenvalue weighted by Crippen LogP contribution is 2.40. The van der Waals surface area contributed by atoms with Gasteiger partial charge in [0.2, 0.25) is 0 Å². The number of hydrogen-bond acceptors (Lipinski definition) is 5. The maximum Gasteiger partial charge on any atom is 0.412 e. The monoisotopic (exact) mass is 306 g/mol. The van der Waals surface area contributed by atoms with E-state index < -0.39 is 6.09 Å². The molecule has 1 heterocycles. The zero-order chi connectivity index (χ0) is 15.9. The largest absolute Gasteiger partial charge is 0.469 e. The van der Waals surface area contributed by atoms with E-state index in [4.69, 9.17) is 4.74 Å². The van der Waals surface area contributed by atoms with Crippen molar-refractivity contribution in [2.24, 2.45) is 0 Å². The van der Waals surface area contributed by atoms with Crippen LogP contribution in [0.1, 0.15) is 37.7 Å². The van der Waals surface area contributed by atoms with Crippen molar-refractivity contribution in [2.75, 3.05) is 25.5 Å². The van der Waals surface area contributed by atoms with Gasteiger partial charge >= 0.3 is 12.1 Å². The molecule has 0 aromatic heterocycles. The van der Waals surface area contributed by atoms with Gasteiger partial charge in [-0.05, 0) is 25.0 Å². The van der Waals surface area contributed by atoms with E-state index in [0.29, 0.717) is 25.1 Å². The summed E-state index contributed by atoms with van der Waals surface area (Å²) in [5.41, 5.74) is 1.91. The molecule has 120 valence electrons. The highest BCUT2D eigenvalue weighted by molar-refractivity contribution is 5.74. The van der Waals surface area contributed by atoms with Crippen molar-refractivity contribution in [1.82, 2.24) is 5.32 Å². The first-order valence-corrected chi connectivity index (χ1v) is 7.55. The number of amides is 1. The average Bonchev–Trinajstić information content (AvgIpc) is 2.94. The van der Waals surface area contributed by atoms with Gasteiger partial charge in [-0.25, -0.2) is 4.79 Å². The second-order valence-electron chi connectivity index (χ2n) is 5.23. The van der Waals surface area contributed by atoms with E-state index in [0.717, 1.165) is 24.2 Å². The van der Waals surface area contributed by atoms with Gasteiger partial charge < -0.3 is 20.1 Å². The zero-order valence-electron chi connectivity index (χ0n) is 13.0. The molecule has 2 N–H and O–H groups in total. The summed E-state index contributed by atoms with van der Waals surface area (Å²) in [5.74, 6) is 0.447. The van der Waals surface area contributed by atoms with Crippen LogP contribution in [0.25, 0.3) is 0 Å². The molecule has 6 nitrogen and oxygen atoms in total. The number of rotatable bonds is 6. The highest BCUT2D eigenvalue weighted by atomic mass is 16.6. The van der Waals surface area contributed by atoms with Crippen molar-refractivity contribution >= 4 is 17.7 Å². The topological polar surface area (TPSA) is 76.7 Å². The quantitative estimate of drug-likeness (QED) is 0.790. The molecule has 0 aliphatic carbocycles. The number of methoxy groups -OCH3 is 1. The molecule has 22 heavy (non-hydrogen) atoms. The van der Waals surface area contributed by atoms with Crippen LogP contribution < -0.4 is 15.4 Å². The van der Waals surface area contributed by atoms with Crippen molar-refractivity contribution < 1.29 is 19.1 Å². The Morgan fingerprint density at radius 1 is 1.41 bits per heavy atom. The molecule has 0 fully saturated rings. The maximum atomic E-state index is 11.8. The van der Waals surface area contributed by atoms with Crippen LogP contribution in [-0.2, 0) is 9.53 Å². The van der Waals surface area contributed by atoms with E-state index in [1.807, 2.05) is 19.1 Å². The third-order valence-electron chi connectivity index (χ3n) is 3.66. The number of benzene rings is 1. The zero-order valence-corrected chi connectivity index (χ0v) is 13.0. The fourth-order valence-electron chi connectivity index (χ4n) is 2.55. The van der Waals surface area contributed by atoms with Crippen LogP contribution in [0.15, 0.2) is 18.2 Å². The molecule has 1 amide bonds. The molecular weight excluding hydrogens is 284 g/mol. The molecule has 1 unspecified atom stereocenters. The second-order valence-corrected chi connectivity index (χ2v) is 5.23. The van der Waals surface area contributed by atoms with Crippen LogP contribution in [0.3, 0.4) is 0 Å². The lowest BCUT2D eigenvalue weighted by atomic mass is 9.95. The molecular formula is C16H22N2O4. The first-order chi connectivity index (χ1) is 10.7. The summed E-state index contributed by atoms with van der Waals surface area (Å²) >= 11 is 0. The maximum absolute atomic E-state index is 11.8. The summed E-state index contributed by atoms with van der Waals surface area (Å²) < 4.78 is 10.1. The minimum atomic E-state index is -0.450. The van der Waals surface area contributed by atoms with Crippen molar-refractivity contribution in [2.45, 2.75) is 32.1 Å². The molecule has 1 aliphatic heterocycles. The van der Waals surface area contributed by atoms with Crippen LogP contribution in [0, 0.1) is 0 Å². The lowest BCUT2D eigenvalue weighted by Gasteiger charge is -2.14. The fourth-order valence-corrected chi connectivity index (χ4v) is 2.55. The fraction of sp³-hybridized carbons (Fsp3) is 0.500. The molecule has 0 saturated heterocycles. The first-order valence-electron chi connectivity index (χ1n) is 7.55. The van der Waals surface area contributed by atoms with Crippen molar-refractivity contribution in [3.05, 3.63) is 23.8 Å². The lowest BCUT2D eigenvalue weighted by Crippen LogP contribution is -2.27. The summed E-state index contributed by atoms with van der Waals surface area (Å²) in [5, 5.41) is 5.98. The number of carbonyl (C=O) groups is 2. The molecule has 1 aromatic rings. The van der Waals surface area contributed by atoms with E-state index in [1.165, 1.54) is 7.11 Å². The van der Waals surface area contributed by atoms with Gasteiger partial charge in [-0.15, -0.1) is 0 Å². The second kappa shape index (κ2) is 7.68. The predicted octanol–water partition coefficient (Wildman–Crippen LogP) is 2.65. The molecule has 0 radical (unpaired) electrons. The molecule has 0 bridgehead atoms. The van der Waals surface area contributed by atoms with E-state index in [9.17, 15) is 9.59 Å². The molecule has 1 aliphatic rings. The summed E-state index contributed by atoms with van der Waals surface area (Å²) in [6, 6.07) is 5.57. The molecule has 6 heteroatoms. The SMILES string of the molecule is CCCNC(=O)Oc1cccc2c1C(CCC(=O)OC)CN2. The standard InChI is InChI=1S/C16H22N2O4/c1-3-9-17-16(20)22-13-6-4-5-12-15(13)11(10-18-12)7-8-14(19)21-2/h4-6,11,18H,3,7-10H2,1-2H3,(H,17,20). The predicted molar refractivity (Wildman–Crippen MR) is 83.2 cm³/mol. The number of fused-ring (bicyclic) bond motifs is 1.